The van der Waals surface area contributed by atoms with Crippen molar-refractivity contribution in [1.82, 2.24) is 9.97 Å². The number of carbonyl (C=O) groups is 1. The molecule has 0 atom stereocenters. The van der Waals surface area contributed by atoms with Gasteiger partial charge in [-0.25, -0.2) is 9.97 Å². The molecule has 0 amide bonds. The van der Waals surface area contributed by atoms with Gasteiger partial charge in [0.05, 0.1) is 18.1 Å². The van der Waals surface area contributed by atoms with Gasteiger partial charge in [-0.3, -0.25) is 4.79 Å². The Kier molecular flexibility index (Phi) is 3.93. The second kappa shape index (κ2) is 5.52. The fraction of sp³-hybridized carbons (Fsp3) is 0.312. The summed E-state index contributed by atoms with van der Waals surface area (Å²) in [6.45, 7) is 5.31. The summed E-state index contributed by atoms with van der Waals surface area (Å²) in [7, 11) is 1.56. The molecule has 0 spiro atoms. The van der Waals surface area contributed by atoms with Crippen molar-refractivity contribution in [3.05, 3.63) is 41.9 Å². The first-order valence-corrected chi connectivity index (χ1v) is 6.57. The fourth-order valence-electron chi connectivity index (χ4n) is 2.14. The molecule has 21 heavy (non-hydrogen) atoms. The second-order valence-electron chi connectivity index (χ2n) is 5.41. The van der Waals surface area contributed by atoms with Crippen LogP contribution >= 0.6 is 0 Å². The lowest BCUT2D eigenvalue weighted by atomic mass is 9.83. The van der Waals surface area contributed by atoms with Crippen LogP contribution in [0.3, 0.4) is 0 Å². The number of aryl methyl sites for hydroxylation is 1. The summed E-state index contributed by atoms with van der Waals surface area (Å²) in [6.07, 6.45) is 3.12. The molecule has 0 saturated heterocycles. The van der Waals surface area contributed by atoms with Gasteiger partial charge in [-0.1, -0.05) is 18.2 Å². The van der Waals surface area contributed by atoms with E-state index in [1.54, 1.807) is 27.2 Å². The van der Waals surface area contributed by atoms with Gasteiger partial charge in [-0.05, 0) is 37.5 Å². The fourth-order valence-corrected chi connectivity index (χ4v) is 2.14. The van der Waals surface area contributed by atoms with Crippen molar-refractivity contribution >= 4 is 5.97 Å². The minimum absolute atomic E-state index is 0.498. The first-order chi connectivity index (χ1) is 9.87. The van der Waals surface area contributed by atoms with E-state index in [0.29, 0.717) is 5.88 Å². The van der Waals surface area contributed by atoms with Crippen molar-refractivity contribution in [2.45, 2.75) is 26.2 Å². The van der Waals surface area contributed by atoms with Crippen LogP contribution in [0.15, 0.2) is 30.7 Å². The van der Waals surface area contributed by atoms with E-state index < -0.39 is 11.4 Å². The minimum Gasteiger partial charge on any atom is -0.481 e. The van der Waals surface area contributed by atoms with E-state index >= 15 is 0 Å². The lowest BCUT2D eigenvalue weighted by Crippen LogP contribution is -2.28. The number of rotatable bonds is 4. The highest BCUT2D eigenvalue weighted by atomic mass is 16.5. The number of aliphatic carboxylic acids is 1. The molecule has 0 aliphatic carbocycles. The number of ether oxygens (including phenoxy) is 1. The van der Waals surface area contributed by atoms with Crippen LogP contribution < -0.4 is 4.74 Å². The molecule has 1 aromatic carbocycles. The predicted octanol–water partition coefficient (Wildman–Crippen LogP) is 2.82. The summed E-state index contributed by atoms with van der Waals surface area (Å²) in [5, 5.41) is 9.31. The Balaban J connectivity index is 2.52. The number of carboxylic acid groups (broad SMARTS) is 1. The first-order valence-electron chi connectivity index (χ1n) is 6.57. The lowest BCUT2D eigenvalue weighted by Gasteiger charge is -2.21. The van der Waals surface area contributed by atoms with Crippen LogP contribution in [-0.4, -0.2) is 28.2 Å². The van der Waals surface area contributed by atoms with Gasteiger partial charge in [0.15, 0.2) is 0 Å². The van der Waals surface area contributed by atoms with E-state index in [2.05, 4.69) is 9.97 Å². The number of methoxy groups -OCH3 is 1. The molecular formula is C16H18N2O3. The molecule has 1 N–H and O–H groups in total. The summed E-state index contributed by atoms with van der Waals surface area (Å²) >= 11 is 0. The summed E-state index contributed by atoms with van der Waals surface area (Å²) in [4.78, 5) is 19.5. The monoisotopic (exact) mass is 286 g/mol. The Hall–Kier alpha value is -2.43. The number of benzene rings is 1. The normalized spacial score (nSPS) is 11.2. The van der Waals surface area contributed by atoms with Gasteiger partial charge in [0, 0.05) is 6.20 Å². The van der Waals surface area contributed by atoms with Crippen LogP contribution in [0.25, 0.3) is 11.1 Å². The van der Waals surface area contributed by atoms with E-state index in [-0.39, 0.29) is 0 Å². The molecule has 2 rings (SSSR count). The Morgan fingerprint density at radius 2 is 2.00 bits per heavy atom. The maximum atomic E-state index is 11.3. The summed E-state index contributed by atoms with van der Waals surface area (Å²) in [6, 6.07) is 5.59. The molecule has 1 aromatic heterocycles. The molecule has 110 valence electrons. The topological polar surface area (TPSA) is 72.3 Å². The van der Waals surface area contributed by atoms with Gasteiger partial charge in [-0.2, -0.15) is 0 Å². The van der Waals surface area contributed by atoms with Gasteiger partial charge in [-0.15, -0.1) is 0 Å². The molecule has 5 nitrogen and oxygen atoms in total. The molecule has 0 aliphatic heterocycles. The highest BCUT2D eigenvalue weighted by Crippen LogP contribution is 2.33. The maximum absolute atomic E-state index is 11.3. The Morgan fingerprint density at radius 3 is 2.57 bits per heavy atom. The molecule has 0 aliphatic rings. The molecule has 0 bridgehead atoms. The average molecular weight is 286 g/mol. The molecule has 0 unspecified atom stereocenters. The standard InChI is InChI=1S/C16H18N2O3/c1-10-7-11(16(2,3)15(19)20)5-6-12(10)13-8-17-9-18-14(13)21-4/h5-9H,1-4H3,(H,19,20). The minimum atomic E-state index is -0.930. The first kappa shape index (κ1) is 15.0. The highest BCUT2D eigenvalue weighted by molar-refractivity contribution is 5.81. The van der Waals surface area contributed by atoms with E-state index in [9.17, 15) is 9.90 Å². The van der Waals surface area contributed by atoms with E-state index in [1.807, 2.05) is 25.1 Å². The predicted molar refractivity (Wildman–Crippen MR) is 79.4 cm³/mol. The summed E-state index contributed by atoms with van der Waals surface area (Å²) in [5.41, 5.74) is 2.50. The average Bonchev–Trinajstić information content (AvgIpc) is 2.47. The molecule has 2 aromatic rings. The van der Waals surface area contributed by atoms with E-state index in [4.69, 9.17) is 4.74 Å². The van der Waals surface area contributed by atoms with Crippen molar-refractivity contribution in [3.63, 3.8) is 0 Å². The van der Waals surface area contributed by atoms with Crippen molar-refractivity contribution in [2.24, 2.45) is 0 Å². The third kappa shape index (κ3) is 2.72. The van der Waals surface area contributed by atoms with Gasteiger partial charge in [0.25, 0.3) is 0 Å². The molecule has 0 saturated carbocycles. The molecule has 0 radical (unpaired) electrons. The number of aromatic nitrogens is 2. The largest absolute Gasteiger partial charge is 0.481 e. The number of hydrogen-bond acceptors (Lipinski definition) is 4. The molecule has 0 fully saturated rings. The smallest absolute Gasteiger partial charge is 0.313 e. The van der Waals surface area contributed by atoms with Crippen molar-refractivity contribution in [2.75, 3.05) is 7.11 Å². The van der Waals surface area contributed by atoms with Crippen molar-refractivity contribution < 1.29 is 14.6 Å². The Labute approximate surface area is 123 Å². The van der Waals surface area contributed by atoms with Crippen molar-refractivity contribution in [1.29, 1.82) is 0 Å². The van der Waals surface area contributed by atoms with E-state index in [0.717, 1.165) is 22.3 Å². The summed E-state index contributed by atoms with van der Waals surface area (Å²) < 4.78 is 5.25. The highest BCUT2D eigenvalue weighted by Gasteiger charge is 2.29. The number of carboxylic acids is 1. The lowest BCUT2D eigenvalue weighted by molar-refractivity contribution is -0.142. The van der Waals surface area contributed by atoms with Gasteiger partial charge in [0.1, 0.15) is 6.33 Å². The Bertz CT molecular complexity index is 681. The molecular weight excluding hydrogens is 268 g/mol. The van der Waals surface area contributed by atoms with Crippen LogP contribution in [-0.2, 0) is 10.2 Å². The van der Waals surface area contributed by atoms with Crippen molar-refractivity contribution in [3.8, 4) is 17.0 Å². The van der Waals surface area contributed by atoms with Crippen LogP contribution in [0.1, 0.15) is 25.0 Å². The Morgan fingerprint density at radius 1 is 1.29 bits per heavy atom. The number of hydrogen-bond donors (Lipinski definition) is 1. The zero-order valence-electron chi connectivity index (χ0n) is 12.5. The van der Waals surface area contributed by atoms with Gasteiger partial charge in [0.2, 0.25) is 5.88 Å². The van der Waals surface area contributed by atoms with Gasteiger partial charge < -0.3 is 9.84 Å². The zero-order chi connectivity index (χ0) is 15.6. The van der Waals surface area contributed by atoms with E-state index in [1.165, 1.54) is 6.33 Å². The third-order valence-corrected chi connectivity index (χ3v) is 3.64. The SMILES string of the molecule is COc1ncncc1-c1ccc(C(C)(C)C(=O)O)cc1C. The number of nitrogens with zero attached hydrogens (tertiary/aromatic N) is 2. The van der Waals surface area contributed by atoms with Gasteiger partial charge >= 0.3 is 5.97 Å². The zero-order valence-corrected chi connectivity index (χ0v) is 12.5. The third-order valence-electron chi connectivity index (χ3n) is 3.64. The summed E-state index contributed by atoms with van der Waals surface area (Å²) in [5.74, 6) is -0.353. The molecule has 5 heteroatoms. The maximum Gasteiger partial charge on any atom is 0.313 e. The quantitative estimate of drug-likeness (QED) is 0.935. The van der Waals surface area contributed by atoms with Crippen LogP contribution in [0.4, 0.5) is 0 Å². The van der Waals surface area contributed by atoms with Crippen LogP contribution in [0.2, 0.25) is 0 Å². The van der Waals surface area contributed by atoms with Crippen LogP contribution in [0.5, 0.6) is 5.88 Å². The van der Waals surface area contributed by atoms with Crippen LogP contribution in [0, 0.1) is 6.92 Å². The second-order valence-corrected chi connectivity index (χ2v) is 5.41. The molecule has 1 heterocycles.